The molecule has 1 aliphatic heterocycles. The summed E-state index contributed by atoms with van der Waals surface area (Å²) < 4.78 is 32.7. The van der Waals surface area contributed by atoms with E-state index in [1.807, 2.05) is 24.3 Å². The van der Waals surface area contributed by atoms with Gasteiger partial charge in [-0.05, 0) is 36.4 Å². The first kappa shape index (κ1) is 23.1. The van der Waals surface area contributed by atoms with Gasteiger partial charge in [-0.15, -0.1) is 0 Å². The highest BCUT2D eigenvalue weighted by molar-refractivity contribution is 7.89. The second-order valence-electron chi connectivity index (χ2n) is 7.92. The normalized spacial score (nSPS) is 15.2. The Hall–Kier alpha value is -3.04. The zero-order chi connectivity index (χ0) is 23.4. The Morgan fingerprint density at radius 1 is 1.03 bits per heavy atom. The molecule has 2 heterocycles. The van der Waals surface area contributed by atoms with Crippen molar-refractivity contribution in [2.24, 2.45) is 0 Å². The molecule has 0 atom stereocenters. The lowest BCUT2D eigenvalue weighted by Gasteiger charge is -2.32. The van der Waals surface area contributed by atoms with Crippen molar-refractivity contribution in [3.63, 3.8) is 0 Å². The molecule has 0 aliphatic carbocycles. The molecule has 0 N–H and O–H groups in total. The van der Waals surface area contributed by atoms with Crippen LogP contribution >= 0.6 is 0 Å². The molecular formula is C24H28N4O4S. The van der Waals surface area contributed by atoms with Crippen molar-refractivity contribution in [2.75, 3.05) is 26.2 Å². The second kappa shape index (κ2) is 9.84. The second-order valence-corrected chi connectivity index (χ2v) is 9.86. The average Bonchev–Trinajstić information content (AvgIpc) is 2.85. The average molecular weight is 469 g/mol. The van der Waals surface area contributed by atoms with E-state index in [0.717, 1.165) is 11.0 Å². The van der Waals surface area contributed by atoms with Crippen LogP contribution in [-0.2, 0) is 10.0 Å². The number of amides is 1. The summed E-state index contributed by atoms with van der Waals surface area (Å²) in [5.74, 6) is 0.384. The van der Waals surface area contributed by atoms with E-state index in [9.17, 15) is 13.2 Å². The van der Waals surface area contributed by atoms with Gasteiger partial charge in [0.15, 0.2) is 0 Å². The number of fused-ring (bicyclic) bond motifs is 1. The third-order valence-corrected chi connectivity index (χ3v) is 7.95. The fourth-order valence-corrected chi connectivity index (χ4v) is 5.47. The maximum absolute atomic E-state index is 12.9. The molecule has 1 saturated heterocycles. The predicted molar refractivity (Wildman–Crippen MR) is 126 cm³/mol. The third-order valence-electron chi connectivity index (χ3n) is 5.89. The molecule has 2 aromatic carbocycles. The number of benzene rings is 2. The Labute approximate surface area is 194 Å². The zero-order valence-electron chi connectivity index (χ0n) is 18.8. The highest BCUT2D eigenvalue weighted by Crippen LogP contribution is 2.21. The van der Waals surface area contributed by atoms with Crippen molar-refractivity contribution < 1.29 is 17.9 Å². The summed E-state index contributed by atoms with van der Waals surface area (Å²) in [6, 6.07) is 13.8. The van der Waals surface area contributed by atoms with Gasteiger partial charge in [-0.3, -0.25) is 4.79 Å². The van der Waals surface area contributed by atoms with E-state index in [-0.39, 0.29) is 16.9 Å². The summed E-state index contributed by atoms with van der Waals surface area (Å²) in [6.07, 6.45) is 2.97. The van der Waals surface area contributed by atoms with Crippen LogP contribution in [0.15, 0.2) is 59.6 Å². The van der Waals surface area contributed by atoms with Gasteiger partial charge < -0.3 is 9.64 Å². The lowest BCUT2D eigenvalue weighted by molar-refractivity contribution is 0.0587. The first-order valence-corrected chi connectivity index (χ1v) is 12.6. The number of carbonyl (C=O) groups is 1. The van der Waals surface area contributed by atoms with E-state index in [4.69, 9.17) is 4.74 Å². The van der Waals surface area contributed by atoms with Crippen molar-refractivity contribution in [1.82, 2.24) is 19.2 Å². The molecule has 8 nitrogen and oxygen atoms in total. The standard InChI is InChI=1S/C24H28N4O4S/c1-3-28(4-2)33(30,31)20-11-9-18(10-12-20)24(29)27-15-13-19(14-16-27)32-23-17-25-21-7-5-6-8-22(21)26-23/h5-12,17,19H,3-4,13-16H2,1-2H3. The summed E-state index contributed by atoms with van der Waals surface area (Å²) in [4.78, 5) is 23.8. The number of para-hydroxylation sites is 2. The third kappa shape index (κ3) is 4.99. The van der Waals surface area contributed by atoms with Crippen molar-refractivity contribution in [1.29, 1.82) is 0 Å². The first-order chi connectivity index (χ1) is 15.9. The highest BCUT2D eigenvalue weighted by atomic mass is 32.2. The molecule has 0 radical (unpaired) electrons. The molecule has 0 spiro atoms. The van der Waals surface area contributed by atoms with Gasteiger partial charge in [-0.25, -0.2) is 18.4 Å². The molecule has 33 heavy (non-hydrogen) atoms. The Kier molecular flexibility index (Phi) is 6.90. The number of aromatic nitrogens is 2. The fraction of sp³-hybridized carbons (Fsp3) is 0.375. The Morgan fingerprint density at radius 3 is 2.30 bits per heavy atom. The largest absolute Gasteiger partial charge is 0.473 e. The van der Waals surface area contributed by atoms with Crippen LogP contribution in [0.4, 0.5) is 0 Å². The van der Waals surface area contributed by atoms with Crippen LogP contribution in [0.5, 0.6) is 5.88 Å². The summed E-state index contributed by atoms with van der Waals surface area (Å²) in [6.45, 7) is 5.54. The molecule has 0 saturated carbocycles. The number of hydrogen-bond acceptors (Lipinski definition) is 6. The lowest BCUT2D eigenvalue weighted by Crippen LogP contribution is -2.41. The van der Waals surface area contributed by atoms with Crippen LogP contribution < -0.4 is 4.74 Å². The number of nitrogens with zero attached hydrogens (tertiary/aromatic N) is 4. The fourth-order valence-electron chi connectivity index (χ4n) is 4.01. The Balaban J connectivity index is 1.36. The molecule has 0 unspecified atom stereocenters. The van der Waals surface area contributed by atoms with Crippen LogP contribution in [0.25, 0.3) is 11.0 Å². The van der Waals surface area contributed by atoms with Crippen molar-refractivity contribution in [2.45, 2.75) is 37.7 Å². The minimum absolute atomic E-state index is 0.0360. The van der Waals surface area contributed by atoms with Gasteiger partial charge in [0, 0.05) is 44.6 Å². The van der Waals surface area contributed by atoms with Gasteiger partial charge >= 0.3 is 0 Å². The number of likely N-dealkylation sites (tertiary alicyclic amines) is 1. The monoisotopic (exact) mass is 468 g/mol. The zero-order valence-corrected chi connectivity index (χ0v) is 19.7. The number of piperidine rings is 1. The molecule has 174 valence electrons. The molecule has 9 heteroatoms. The van der Waals surface area contributed by atoms with Crippen molar-refractivity contribution >= 4 is 27.0 Å². The van der Waals surface area contributed by atoms with E-state index in [2.05, 4.69) is 9.97 Å². The Bertz CT molecular complexity index is 1220. The molecule has 1 fully saturated rings. The molecule has 1 aromatic heterocycles. The maximum atomic E-state index is 12.9. The van der Waals surface area contributed by atoms with Crippen molar-refractivity contribution in [3.05, 3.63) is 60.3 Å². The van der Waals surface area contributed by atoms with Gasteiger partial charge in [0.05, 0.1) is 22.1 Å². The summed E-state index contributed by atoms with van der Waals surface area (Å²) in [5.41, 5.74) is 2.09. The first-order valence-electron chi connectivity index (χ1n) is 11.2. The quantitative estimate of drug-likeness (QED) is 0.528. The van der Waals surface area contributed by atoms with Crippen LogP contribution in [0.1, 0.15) is 37.0 Å². The summed E-state index contributed by atoms with van der Waals surface area (Å²) in [7, 11) is -3.54. The summed E-state index contributed by atoms with van der Waals surface area (Å²) in [5, 5.41) is 0. The lowest BCUT2D eigenvalue weighted by atomic mass is 10.1. The maximum Gasteiger partial charge on any atom is 0.253 e. The van der Waals surface area contributed by atoms with Gasteiger partial charge in [-0.1, -0.05) is 26.0 Å². The molecular weight excluding hydrogens is 440 g/mol. The number of rotatable bonds is 7. The minimum Gasteiger partial charge on any atom is -0.473 e. The van der Waals surface area contributed by atoms with E-state index < -0.39 is 10.0 Å². The van der Waals surface area contributed by atoms with Crippen LogP contribution in [0.2, 0.25) is 0 Å². The van der Waals surface area contributed by atoms with Gasteiger partial charge in [0.1, 0.15) is 6.10 Å². The summed E-state index contributed by atoms with van der Waals surface area (Å²) >= 11 is 0. The van der Waals surface area contributed by atoms with Gasteiger partial charge in [0.25, 0.3) is 5.91 Å². The molecule has 0 bridgehead atoms. The Morgan fingerprint density at radius 2 is 1.67 bits per heavy atom. The molecule has 1 amide bonds. The van der Waals surface area contributed by atoms with E-state index >= 15 is 0 Å². The predicted octanol–water partition coefficient (Wildman–Crippen LogP) is 3.34. The molecule has 1 aliphatic rings. The van der Waals surface area contributed by atoms with E-state index in [1.54, 1.807) is 37.1 Å². The number of ether oxygens (including phenoxy) is 1. The highest BCUT2D eigenvalue weighted by Gasteiger charge is 2.26. The topological polar surface area (TPSA) is 92.7 Å². The minimum atomic E-state index is -3.54. The molecule has 3 aromatic rings. The number of sulfonamides is 1. The van der Waals surface area contributed by atoms with Crippen LogP contribution in [0.3, 0.4) is 0 Å². The van der Waals surface area contributed by atoms with Gasteiger partial charge in [0.2, 0.25) is 15.9 Å². The molecule has 4 rings (SSSR count). The van der Waals surface area contributed by atoms with Gasteiger partial charge in [-0.2, -0.15) is 4.31 Å². The SMILES string of the molecule is CCN(CC)S(=O)(=O)c1ccc(C(=O)N2CCC(Oc3cnc4ccccc4n3)CC2)cc1. The smallest absolute Gasteiger partial charge is 0.253 e. The van der Waals surface area contributed by atoms with E-state index in [0.29, 0.717) is 50.5 Å². The van der Waals surface area contributed by atoms with E-state index in [1.165, 1.54) is 16.4 Å². The van der Waals surface area contributed by atoms with Crippen LogP contribution in [0, 0.1) is 0 Å². The van der Waals surface area contributed by atoms with Crippen molar-refractivity contribution in [3.8, 4) is 5.88 Å². The number of carbonyl (C=O) groups excluding carboxylic acids is 1. The number of hydrogen-bond donors (Lipinski definition) is 0. The van der Waals surface area contributed by atoms with Crippen LogP contribution in [-0.4, -0.2) is 65.8 Å².